The maximum absolute atomic E-state index is 12.2. The molecule has 1 aromatic carbocycles. The minimum Gasteiger partial charge on any atom is -0.353 e. The number of aromatic nitrogens is 4. The second kappa shape index (κ2) is 6.88. The third-order valence-corrected chi connectivity index (χ3v) is 7.03. The maximum Gasteiger partial charge on any atom is 0.247 e. The zero-order valence-electron chi connectivity index (χ0n) is 18.5. The van der Waals surface area contributed by atoms with Crippen molar-refractivity contribution in [2.24, 2.45) is 0 Å². The highest BCUT2D eigenvalue weighted by atomic mass is 16.2. The van der Waals surface area contributed by atoms with Gasteiger partial charge in [0.1, 0.15) is 5.54 Å². The molecule has 2 fully saturated rings. The highest BCUT2D eigenvalue weighted by Crippen LogP contribution is 2.39. The van der Waals surface area contributed by atoms with Gasteiger partial charge in [0.15, 0.2) is 11.5 Å². The zero-order valence-corrected chi connectivity index (χ0v) is 18.5. The van der Waals surface area contributed by atoms with Crippen LogP contribution < -0.4 is 26.2 Å². The van der Waals surface area contributed by atoms with Crippen LogP contribution in [0, 0.1) is 0 Å². The summed E-state index contributed by atoms with van der Waals surface area (Å²) in [7, 11) is 0. The zero-order chi connectivity index (χ0) is 22.8. The predicted octanol–water partition coefficient (Wildman–Crippen LogP) is 1.11. The van der Waals surface area contributed by atoms with Crippen molar-refractivity contribution in [1.82, 2.24) is 30.2 Å². The molecule has 6 rings (SSSR count). The summed E-state index contributed by atoms with van der Waals surface area (Å²) in [6.45, 7) is 5.75. The summed E-state index contributed by atoms with van der Waals surface area (Å²) >= 11 is 0. The van der Waals surface area contributed by atoms with Crippen LogP contribution in [0.4, 0.5) is 23.1 Å². The normalized spacial score (nSPS) is 20.7. The fourth-order valence-electron chi connectivity index (χ4n) is 4.93. The molecule has 0 unspecified atom stereocenters. The van der Waals surface area contributed by atoms with Gasteiger partial charge < -0.3 is 20.9 Å². The van der Waals surface area contributed by atoms with E-state index in [1.54, 1.807) is 16.9 Å². The van der Waals surface area contributed by atoms with Gasteiger partial charge >= 0.3 is 0 Å². The van der Waals surface area contributed by atoms with E-state index in [1.165, 1.54) is 0 Å². The van der Waals surface area contributed by atoms with Gasteiger partial charge in [-0.15, -0.1) is 5.10 Å². The molecular weight excluding hydrogens is 422 g/mol. The summed E-state index contributed by atoms with van der Waals surface area (Å²) < 4.78 is 1.70. The Hall–Kier alpha value is -3.73. The topological polar surface area (TPSA) is 129 Å². The number of carbonyl (C=O) groups is 2. The van der Waals surface area contributed by atoms with Gasteiger partial charge in [-0.2, -0.15) is 4.98 Å². The van der Waals surface area contributed by atoms with Gasteiger partial charge in [-0.1, -0.05) is 6.07 Å². The molecule has 2 saturated heterocycles. The van der Waals surface area contributed by atoms with Gasteiger partial charge in [0.25, 0.3) is 0 Å². The van der Waals surface area contributed by atoms with E-state index in [0.717, 1.165) is 22.8 Å². The molecule has 11 heteroatoms. The number of nitrogens with one attached hydrogen (secondary N) is 4. The van der Waals surface area contributed by atoms with Gasteiger partial charge in [0, 0.05) is 36.9 Å². The lowest BCUT2D eigenvalue weighted by Gasteiger charge is -2.37. The minimum atomic E-state index is -0.544. The molecule has 11 nitrogen and oxygen atoms in total. The van der Waals surface area contributed by atoms with Crippen LogP contribution in [-0.2, 0) is 15.0 Å². The number of carbonyl (C=O) groups excluding carboxylic acids is 2. The van der Waals surface area contributed by atoms with Crippen LogP contribution in [0.15, 0.2) is 30.6 Å². The number of amides is 2. The molecule has 2 amide bonds. The Kier molecular flexibility index (Phi) is 4.15. The third kappa shape index (κ3) is 3.03. The van der Waals surface area contributed by atoms with Gasteiger partial charge in [-0.3, -0.25) is 14.9 Å². The Balaban J connectivity index is 1.24. The minimum absolute atomic E-state index is 0.00943. The molecule has 0 bridgehead atoms. The first-order valence-electron chi connectivity index (χ1n) is 11.1. The third-order valence-electron chi connectivity index (χ3n) is 7.03. The molecule has 2 aromatic heterocycles. The van der Waals surface area contributed by atoms with Crippen LogP contribution >= 0.6 is 0 Å². The summed E-state index contributed by atoms with van der Waals surface area (Å²) in [5, 5.41) is 16.9. The Morgan fingerprint density at radius 1 is 1.12 bits per heavy atom. The molecule has 33 heavy (non-hydrogen) atoms. The number of nitrogens with zero attached hydrogens (tertiary/aromatic N) is 5. The van der Waals surface area contributed by atoms with Crippen LogP contribution in [0.3, 0.4) is 0 Å². The molecule has 1 spiro atoms. The molecular formula is C22H25N9O2. The van der Waals surface area contributed by atoms with Gasteiger partial charge in [0.05, 0.1) is 12.1 Å². The highest BCUT2D eigenvalue weighted by Gasteiger charge is 2.44. The van der Waals surface area contributed by atoms with Crippen molar-refractivity contribution < 1.29 is 9.59 Å². The summed E-state index contributed by atoms with van der Waals surface area (Å²) in [5.41, 5.74) is 2.19. The van der Waals surface area contributed by atoms with Gasteiger partial charge in [-0.05, 0) is 44.4 Å². The van der Waals surface area contributed by atoms with Gasteiger partial charge in [0.2, 0.25) is 17.8 Å². The number of hydrogen-bond acceptors (Lipinski definition) is 8. The average molecular weight is 448 g/mol. The van der Waals surface area contributed by atoms with Crippen LogP contribution in [-0.4, -0.2) is 56.7 Å². The Morgan fingerprint density at radius 2 is 1.94 bits per heavy atom. The van der Waals surface area contributed by atoms with E-state index in [4.69, 9.17) is 0 Å². The van der Waals surface area contributed by atoms with Crippen molar-refractivity contribution in [3.05, 3.63) is 36.2 Å². The summed E-state index contributed by atoms with van der Waals surface area (Å²) in [6, 6.07) is 5.78. The maximum atomic E-state index is 12.2. The Morgan fingerprint density at radius 3 is 2.70 bits per heavy atom. The lowest BCUT2D eigenvalue weighted by molar-refractivity contribution is -0.124. The highest BCUT2D eigenvalue weighted by molar-refractivity contribution is 6.06. The number of rotatable bonds is 3. The molecule has 5 heterocycles. The van der Waals surface area contributed by atoms with E-state index in [2.05, 4.69) is 41.2 Å². The second-order valence-electron chi connectivity index (χ2n) is 9.35. The average Bonchev–Trinajstić information content (AvgIpc) is 3.43. The molecule has 170 valence electrons. The standard InChI is InChI=1S/C22H25N9O2/c1-21(2)14-4-3-13(11-15(14)27-18(21)32)26-20-28-17-16(23-7-10-31(17)29-20)30-8-5-22(6-9-30)19(33)24-12-25-22/h3-4,7,10-11,25H,5-6,8-9,12H2,1-2H3,(H,24,33)(H,26,29)(H,27,32). The lowest BCUT2D eigenvalue weighted by Crippen LogP contribution is -2.54. The van der Waals surface area contributed by atoms with E-state index in [1.807, 2.05) is 32.0 Å². The van der Waals surface area contributed by atoms with E-state index < -0.39 is 11.0 Å². The fraction of sp³-hybridized carbons (Fsp3) is 0.409. The van der Waals surface area contributed by atoms with Crippen molar-refractivity contribution in [3.63, 3.8) is 0 Å². The molecule has 0 radical (unpaired) electrons. The molecule has 0 saturated carbocycles. The first-order valence-corrected chi connectivity index (χ1v) is 11.1. The van der Waals surface area contributed by atoms with Crippen LogP contribution in [0.5, 0.6) is 0 Å². The quantitative estimate of drug-likeness (QED) is 0.470. The van der Waals surface area contributed by atoms with E-state index in [-0.39, 0.29) is 11.8 Å². The van der Waals surface area contributed by atoms with Crippen molar-refractivity contribution in [3.8, 4) is 0 Å². The largest absolute Gasteiger partial charge is 0.353 e. The van der Waals surface area contributed by atoms with E-state index in [0.29, 0.717) is 44.2 Å². The van der Waals surface area contributed by atoms with Crippen molar-refractivity contribution >= 4 is 40.6 Å². The first-order chi connectivity index (χ1) is 15.9. The number of benzene rings is 1. The Labute approximate surface area is 190 Å². The first kappa shape index (κ1) is 19.9. The second-order valence-corrected chi connectivity index (χ2v) is 9.35. The number of piperidine rings is 1. The van der Waals surface area contributed by atoms with Crippen LogP contribution in [0.25, 0.3) is 5.65 Å². The SMILES string of the molecule is CC1(C)C(=O)Nc2cc(Nc3nc4c(N5CCC6(CC5)NCNC6=O)nccn4n3)ccc21. The van der Waals surface area contributed by atoms with Crippen LogP contribution in [0.2, 0.25) is 0 Å². The van der Waals surface area contributed by atoms with Gasteiger partial charge in [-0.25, -0.2) is 9.50 Å². The monoisotopic (exact) mass is 447 g/mol. The lowest BCUT2D eigenvalue weighted by atomic mass is 9.86. The summed E-state index contributed by atoms with van der Waals surface area (Å²) in [6.07, 6.45) is 4.88. The van der Waals surface area contributed by atoms with Crippen molar-refractivity contribution in [2.45, 2.75) is 37.6 Å². The molecule has 0 atom stereocenters. The number of anilines is 4. The molecule has 3 aromatic rings. The van der Waals surface area contributed by atoms with E-state index in [9.17, 15) is 9.59 Å². The summed E-state index contributed by atoms with van der Waals surface area (Å²) in [5.74, 6) is 1.26. The molecule has 4 N–H and O–H groups in total. The predicted molar refractivity (Wildman–Crippen MR) is 122 cm³/mol. The number of fused-ring (bicyclic) bond motifs is 2. The Bertz CT molecular complexity index is 1290. The molecule has 3 aliphatic heterocycles. The van der Waals surface area contributed by atoms with Crippen molar-refractivity contribution in [1.29, 1.82) is 0 Å². The van der Waals surface area contributed by atoms with Crippen LogP contribution in [0.1, 0.15) is 32.3 Å². The summed E-state index contributed by atoms with van der Waals surface area (Å²) in [4.78, 5) is 35.9. The number of hydrogen-bond donors (Lipinski definition) is 4. The smallest absolute Gasteiger partial charge is 0.247 e. The molecule has 0 aliphatic carbocycles. The molecule has 3 aliphatic rings. The fourth-order valence-corrected chi connectivity index (χ4v) is 4.93. The van der Waals surface area contributed by atoms with Crippen molar-refractivity contribution in [2.75, 3.05) is 35.3 Å². The van der Waals surface area contributed by atoms with E-state index >= 15 is 0 Å².